The molecule has 0 aliphatic carbocycles. The van der Waals surface area contributed by atoms with Gasteiger partial charge < -0.3 is 4.74 Å². The molecule has 0 aliphatic heterocycles. The van der Waals surface area contributed by atoms with Crippen molar-refractivity contribution in [3.63, 3.8) is 0 Å². The third kappa shape index (κ3) is 6.18. The van der Waals surface area contributed by atoms with Crippen molar-refractivity contribution in [2.45, 2.75) is 19.8 Å². The summed E-state index contributed by atoms with van der Waals surface area (Å²) < 4.78 is 33.6. The summed E-state index contributed by atoms with van der Waals surface area (Å²) in [4.78, 5) is 18.8. The Morgan fingerprint density at radius 2 is 1.75 bits per heavy atom. The quantitative estimate of drug-likeness (QED) is 0.202. The molecule has 4 aromatic rings. The second-order valence-corrected chi connectivity index (χ2v) is 6.98. The molecule has 11 heteroatoms. The van der Waals surface area contributed by atoms with Crippen LogP contribution in [0.2, 0.25) is 10.6 Å². The maximum absolute atomic E-state index is 13.6. The number of aromatic nitrogens is 6. The Kier molecular flexibility index (Phi) is 8.41. The van der Waals surface area contributed by atoms with E-state index >= 15 is 0 Å². The number of unbranched alkanes of at least 4 members (excludes halogenated alkanes) is 1. The minimum Gasteiger partial charge on any atom is -0.501 e. The molecule has 4 aromatic heterocycles. The number of halogens is 4. The maximum atomic E-state index is 13.6. The van der Waals surface area contributed by atoms with Crippen molar-refractivity contribution in [2.24, 2.45) is 0 Å². The van der Waals surface area contributed by atoms with Crippen molar-refractivity contribution >= 4 is 34.9 Å². The molecule has 0 atom stereocenters. The molecule has 0 unspecified atom stereocenters. The molecule has 0 aliphatic rings. The highest BCUT2D eigenvalue weighted by Crippen LogP contribution is 2.22. The summed E-state index contributed by atoms with van der Waals surface area (Å²) >= 11 is 11.2. The Hall–Kier alpha value is -3.17. The molecule has 0 N–H and O–H groups in total. The topological polar surface area (TPSA) is 78.1 Å². The summed E-state index contributed by atoms with van der Waals surface area (Å²) in [5, 5.41) is 0.0249. The number of nitrogens with zero attached hydrogens (tertiary/aromatic N) is 6. The molecule has 166 valence electrons. The van der Waals surface area contributed by atoms with Gasteiger partial charge in [0.2, 0.25) is 10.6 Å². The maximum Gasteiger partial charge on any atom is 0.223 e. The molecule has 4 rings (SSSR count). The average Bonchev–Trinajstić information content (AvgIpc) is 3.22. The van der Waals surface area contributed by atoms with Gasteiger partial charge >= 0.3 is 0 Å². The van der Waals surface area contributed by atoms with Gasteiger partial charge in [0.25, 0.3) is 0 Å². The molecule has 0 saturated heterocycles. The summed E-state index contributed by atoms with van der Waals surface area (Å²) in [6.45, 7) is 2.68. The van der Waals surface area contributed by atoms with Crippen LogP contribution in [0, 0.1) is 11.6 Å². The number of imidazole rings is 1. The number of fused-ring (bicyclic) bond motifs is 1. The highest BCUT2D eigenvalue weighted by atomic mass is 35.5. The van der Waals surface area contributed by atoms with Crippen LogP contribution < -0.4 is 0 Å². The number of hydrogen-bond donors (Lipinski definition) is 0. The minimum atomic E-state index is -0.528. The fourth-order valence-electron chi connectivity index (χ4n) is 2.52. The first kappa shape index (κ1) is 23.5. The predicted molar refractivity (Wildman–Crippen MR) is 118 cm³/mol. The van der Waals surface area contributed by atoms with Crippen molar-refractivity contribution in [1.82, 2.24) is 29.3 Å². The van der Waals surface area contributed by atoms with Crippen LogP contribution in [-0.2, 0) is 4.74 Å². The van der Waals surface area contributed by atoms with Crippen molar-refractivity contribution in [3.8, 4) is 11.4 Å². The van der Waals surface area contributed by atoms with Gasteiger partial charge in [0, 0.05) is 12.3 Å². The summed E-state index contributed by atoms with van der Waals surface area (Å²) in [7, 11) is 0. The predicted octanol–water partition coefficient (Wildman–Crippen LogP) is 5.64. The molecule has 32 heavy (non-hydrogen) atoms. The SMILES string of the molecule is CCCCO/C=C/c1nc(Cl)ncc1F.Fc1cnc(Cl)nc1-c1cnc2ccccn12. The first-order valence-corrected chi connectivity index (χ1v) is 10.3. The van der Waals surface area contributed by atoms with Crippen LogP contribution in [0.15, 0.2) is 49.2 Å². The van der Waals surface area contributed by atoms with Crippen molar-refractivity contribution in [2.75, 3.05) is 6.61 Å². The minimum absolute atomic E-state index is 0.00674. The molecule has 0 amide bonds. The van der Waals surface area contributed by atoms with E-state index in [1.807, 2.05) is 18.2 Å². The molecule has 7 nitrogen and oxygen atoms in total. The first-order valence-electron chi connectivity index (χ1n) is 9.56. The van der Waals surface area contributed by atoms with E-state index in [9.17, 15) is 8.78 Å². The Morgan fingerprint density at radius 1 is 1.00 bits per heavy atom. The van der Waals surface area contributed by atoms with Crippen LogP contribution >= 0.6 is 23.2 Å². The van der Waals surface area contributed by atoms with Gasteiger partial charge in [-0.1, -0.05) is 19.4 Å². The molecular weight excluding hydrogens is 461 g/mol. The van der Waals surface area contributed by atoms with E-state index in [0.717, 1.165) is 30.9 Å². The molecule has 0 radical (unpaired) electrons. The third-order valence-corrected chi connectivity index (χ3v) is 4.42. The number of ether oxygens (including phenoxy) is 1. The Labute approximate surface area is 192 Å². The van der Waals surface area contributed by atoms with E-state index in [-0.39, 0.29) is 22.0 Å². The standard InChI is InChI=1S/C11H6ClFN4.C10H12ClFN2O/c12-11-15-5-7(13)10(16-11)8-6-14-9-3-1-2-4-17(8)9;1-2-3-5-15-6-4-9-8(12)7-13-10(11)14-9/h1-6H;4,6-7H,2-3,5H2,1H3/b;6-4+. The lowest BCUT2D eigenvalue weighted by molar-refractivity contribution is 0.246. The van der Waals surface area contributed by atoms with Crippen LogP contribution in [0.5, 0.6) is 0 Å². The number of hydrogen-bond acceptors (Lipinski definition) is 6. The lowest BCUT2D eigenvalue weighted by Gasteiger charge is -2.02. The average molecular weight is 479 g/mol. The normalized spacial score (nSPS) is 10.9. The monoisotopic (exact) mass is 478 g/mol. The van der Waals surface area contributed by atoms with Crippen LogP contribution in [0.3, 0.4) is 0 Å². The molecule has 0 aromatic carbocycles. The lowest BCUT2D eigenvalue weighted by atomic mass is 10.3. The van der Waals surface area contributed by atoms with Gasteiger partial charge in [-0.15, -0.1) is 0 Å². The van der Waals surface area contributed by atoms with E-state index in [1.54, 1.807) is 16.8 Å². The Bertz CT molecular complexity index is 1220. The Morgan fingerprint density at radius 3 is 2.53 bits per heavy atom. The first-order chi connectivity index (χ1) is 15.5. The van der Waals surface area contributed by atoms with Gasteiger partial charge in [-0.2, -0.15) is 0 Å². The van der Waals surface area contributed by atoms with Gasteiger partial charge in [-0.25, -0.2) is 33.7 Å². The summed E-state index contributed by atoms with van der Waals surface area (Å²) in [5.74, 6) is -1.05. The fourth-order valence-corrected chi connectivity index (χ4v) is 2.79. The Balaban J connectivity index is 0.000000183. The van der Waals surface area contributed by atoms with Crippen LogP contribution in [0.25, 0.3) is 23.1 Å². The van der Waals surface area contributed by atoms with E-state index in [1.165, 1.54) is 12.3 Å². The van der Waals surface area contributed by atoms with Crippen LogP contribution in [-0.4, -0.2) is 35.9 Å². The summed E-state index contributed by atoms with van der Waals surface area (Å²) in [5.41, 5.74) is 1.54. The number of rotatable bonds is 6. The summed E-state index contributed by atoms with van der Waals surface area (Å²) in [6.07, 6.45) is 10.3. The molecular formula is C21H18Cl2F2N6O. The van der Waals surface area contributed by atoms with E-state index in [2.05, 4.69) is 31.8 Å². The van der Waals surface area contributed by atoms with Gasteiger partial charge in [0.05, 0.1) is 37.2 Å². The highest BCUT2D eigenvalue weighted by molar-refractivity contribution is 6.28. The largest absolute Gasteiger partial charge is 0.501 e. The van der Waals surface area contributed by atoms with Crippen molar-refractivity contribution in [3.05, 3.63) is 77.1 Å². The summed E-state index contributed by atoms with van der Waals surface area (Å²) in [6, 6.07) is 5.51. The number of pyridine rings is 1. The second kappa shape index (κ2) is 11.4. The third-order valence-electron chi connectivity index (χ3n) is 4.05. The molecule has 0 spiro atoms. The van der Waals surface area contributed by atoms with E-state index in [4.69, 9.17) is 27.9 Å². The van der Waals surface area contributed by atoms with E-state index < -0.39 is 11.6 Å². The van der Waals surface area contributed by atoms with Crippen LogP contribution in [0.4, 0.5) is 8.78 Å². The zero-order valence-electron chi connectivity index (χ0n) is 16.9. The van der Waals surface area contributed by atoms with Gasteiger partial charge in [-0.3, -0.25) is 4.40 Å². The molecule has 0 fully saturated rings. The van der Waals surface area contributed by atoms with Crippen molar-refractivity contribution in [1.29, 1.82) is 0 Å². The second-order valence-electron chi connectivity index (χ2n) is 6.31. The zero-order chi connectivity index (χ0) is 22.9. The molecule has 0 saturated carbocycles. The fraction of sp³-hybridized carbons (Fsp3) is 0.190. The highest BCUT2D eigenvalue weighted by Gasteiger charge is 2.13. The molecule has 4 heterocycles. The van der Waals surface area contributed by atoms with E-state index in [0.29, 0.717) is 12.3 Å². The van der Waals surface area contributed by atoms with Crippen molar-refractivity contribution < 1.29 is 13.5 Å². The van der Waals surface area contributed by atoms with Gasteiger partial charge in [-0.05, 0) is 41.8 Å². The van der Waals surface area contributed by atoms with Gasteiger partial charge in [0.1, 0.15) is 17.0 Å². The smallest absolute Gasteiger partial charge is 0.223 e. The van der Waals surface area contributed by atoms with Crippen LogP contribution in [0.1, 0.15) is 25.5 Å². The molecule has 0 bridgehead atoms. The lowest BCUT2D eigenvalue weighted by Crippen LogP contribution is -1.95. The zero-order valence-corrected chi connectivity index (χ0v) is 18.4. The van der Waals surface area contributed by atoms with Gasteiger partial charge in [0.15, 0.2) is 11.6 Å².